The van der Waals surface area contributed by atoms with Crippen LogP contribution in [-0.4, -0.2) is 19.6 Å². The van der Waals surface area contributed by atoms with Gasteiger partial charge in [-0.1, -0.05) is 17.7 Å². The number of nitrogens with zero attached hydrogens (tertiary/aromatic N) is 4. The zero-order valence-corrected chi connectivity index (χ0v) is 13.3. The molecule has 108 valence electrons. The molecule has 6 heteroatoms. The summed E-state index contributed by atoms with van der Waals surface area (Å²) in [6, 6.07) is 9.86. The van der Waals surface area contributed by atoms with Gasteiger partial charge in [0.15, 0.2) is 5.65 Å². The minimum absolute atomic E-state index is 0.476. The molecule has 0 unspecified atom stereocenters. The molecule has 0 radical (unpaired) electrons. The summed E-state index contributed by atoms with van der Waals surface area (Å²) in [5, 5.41) is 6.87. The number of hydrogen-bond donors (Lipinski definition) is 0. The van der Waals surface area contributed by atoms with Crippen molar-refractivity contribution in [3.05, 3.63) is 58.8 Å². The van der Waals surface area contributed by atoms with Gasteiger partial charge >= 0.3 is 0 Å². The molecule has 0 fully saturated rings. The van der Waals surface area contributed by atoms with Gasteiger partial charge in [0.25, 0.3) is 0 Å². The number of rotatable bonds is 2. The van der Waals surface area contributed by atoms with Crippen molar-refractivity contribution in [3.8, 4) is 21.8 Å². The third-order valence-corrected chi connectivity index (χ3v) is 4.44. The van der Waals surface area contributed by atoms with Crippen molar-refractivity contribution in [1.29, 1.82) is 0 Å². The fourth-order valence-corrected chi connectivity index (χ4v) is 3.33. The smallest absolute Gasteiger partial charge is 0.165 e. The Labute approximate surface area is 136 Å². The lowest BCUT2D eigenvalue weighted by molar-refractivity contribution is 0.941. The standard InChI is InChI=1S/C16H11ClN4S/c1-10-7-13(19-15(17)8-10)11-9-18-21-5-4-12(20-16(11)21)14-3-2-6-22-14/h2-9H,1H3. The molecule has 4 heterocycles. The van der Waals surface area contributed by atoms with E-state index in [-0.39, 0.29) is 0 Å². The van der Waals surface area contributed by atoms with Gasteiger partial charge in [-0.2, -0.15) is 5.10 Å². The van der Waals surface area contributed by atoms with Crippen molar-refractivity contribution in [2.75, 3.05) is 0 Å². The summed E-state index contributed by atoms with van der Waals surface area (Å²) in [6.45, 7) is 1.99. The van der Waals surface area contributed by atoms with Crippen LogP contribution >= 0.6 is 22.9 Å². The van der Waals surface area contributed by atoms with Crippen molar-refractivity contribution in [2.45, 2.75) is 6.92 Å². The third kappa shape index (κ3) is 2.28. The van der Waals surface area contributed by atoms with Crippen LogP contribution in [0.5, 0.6) is 0 Å². The molecule has 0 aliphatic rings. The van der Waals surface area contributed by atoms with Crippen LogP contribution in [0.3, 0.4) is 0 Å². The van der Waals surface area contributed by atoms with Crippen molar-refractivity contribution < 1.29 is 0 Å². The topological polar surface area (TPSA) is 43.1 Å². The molecule has 4 aromatic heterocycles. The Morgan fingerprint density at radius 2 is 2.05 bits per heavy atom. The maximum Gasteiger partial charge on any atom is 0.165 e. The van der Waals surface area contributed by atoms with Crippen LogP contribution in [0.4, 0.5) is 0 Å². The molecule has 0 aliphatic heterocycles. The Morgan fingerprint density at radius 1 is 1.14 bits per heavy atom. The average molecular weight is 327 g/mol. The third-order valence-electron chi connectivity index (χ3n) is 3.36. The van der Waals surface area contributed by atoms with Gasteiger partial charge in [-0.25, -0.2) is 14.5 Å². The Morgan fingerprint density at radius 3 is 2.82 bits per heavy atom. The van der Waals surface area contributed by atoms with E-state index >= 15 is 0 Å². The first kappa shape index (κ1) is 13.4. The van der Waals surface area contributed by atoms with Crippen LogP contribution in [0.2, 0.25) is 5.15 Å². The van der Waals surface area contributed by atoms with E-state index in [0.29, 0.717) is 5.15 Å². The molecular weight excluding hydrogens is 316 g/mol. The number of hydrogen-bond acceptors (Lipinski definition) is 4. The van der Waals surface area contributed by atoms with Gasteiger partial charge < -0.3 is 0 Å². The molecule has 0 bridgehead atoms. The van der Waals surface area contributed by atoms with Crippen molar-refractivity contribution in [3.63, 3.8) is 0 Å². The number of aromatic nitrogens is 4. The Hall–Kier alpha value is -2.24. The van der Waals surface area contributed by atoms with E-state index in [1.807, 2.05) is 42.8 Å². The minimum atomic E-state index is 0.476. The zero-order chi connectivity index (χ0) is 15.1. The molecule has 0 aliphatic carbocycles. The molecule has 0 N–H and O–H groups in total. The lowest BCUT2D eigenvalue weighted by Crippen LogP contribution is -1.92. The molecule has 4 rings (SSSR count). The summed E-state index contributed by atoms with van der Waals surface area (Å²) in [4.78, 5) is 10.3. The van der Waals surface area contributed by atoms with E-state index in [1.165, 1.54) is 0 Å². The number of pyridine rings is 1. The van der Waals surface area contributed by atoms with E-state index in [4.69, 9.17) is 16.6 Å². The van der Waals surface area contributed by atoms with Crippen LogP contribution < -0.4 is 0 Å². The first-order valence-corrected chi connectivity index (χ1v) is 7.99. The van der Waals surface area contributed by atoms with Gasteiger partial charge in [0, 0.05) is 6.20 Å². The summed E-state index contributed by atoms with van der Waals surface area (Å²) in [5.41, 5.74) is 4.44. The van der Waals surface area contributed by atoms with Gasteiger partial charge in [0.05, 0.1) is 28.0 Å². The molecule has 0 saturated heterocycles. The lowest BCUT2D eigenvalue weighted by atomic mass is 10.1. The Balaban J connectivity index is 1.93. The highest BCUT2D eigenvalue weighted by atomic mass is 35.5. The second-order valence-corrected chi connectivity index (χ2v) is 6.30. The Bertz CT molecular complexity index is 939. The quantitative estimate of drug-likeness (QED) is 0.510. The van der Waals surface area contributed by atoms with E-state index in [9.17, 15) is 0 Å². The molecule has 4 nitrogen and oxygen atoms in total. The van der Waals surface area contributed by atoms with Gasteiger partial charge in [-0.15, -0.1) is 11.3 Å². The lowest BCUT2D eigenvalue weighted by Gasteiger charge is -2.03. The van der Waals surface area contributed by atoms with Crippen LogP contribution in [0, 0.1) is 6.92 Å². The summed E-state index contributed by atoms with van der Waals surface area (Å²) in [6.07, 6.45) is 3.69. The van der Waals surface area contributed by atoms with E-state index in [2.05, 4.69) is 16.1 Å². The van der Waals surface area contributed by atoms with Gasteiger partial charge in [0.1, 0.15) is 5.15 Å². The van der Waals surface area contributed by atoms with Crippen LogP contribution in [-0.2, 0) is 0 Å². The second kappa shape index (κ2) is 5.19. The predicted molar refractivity (Wildman–Crippen MR) is 89.3 cm³/mol. The summed E-state index contributed by atoms with van der Waals surface area (Å²) in [5.74, 6) is 0. The first-order chi connectivity index (χ1) is 10.7. The van der Waals surface area contributed by atoms with Crippen molar-refractivity contribution in [1.82, 2.24) is 19.6 Å². The maximum absolute atomic E-state index is 6.07. The molecule has 4 aromatic rings. The second-order valence-electron chi connectivity index (χ2n) is 4.97. The first-order valence-electron chi connectivity index (χ1n) is 6.73. The summed E-state index contributed by atoms with van der Waals surface area (Å²) >= 11 is 7.74. The molecule has 22 heavy (non-hydrogen) atoms. The van der Waals surface area contributed by atoms with Crippen LogP contribution in [0.1, 0.15) is 5.56 Å². The largest absolute Gasteiger partial charge is 0.236 e. The number of fused-ring (bicyclic) bond motifs is 1. The molecule has 0 spiro atoms. The predicted octanol–water partition coefficient (Wildman–Crippen LogP) is 4.48. The van der Waals surface area contributed by atoms with Crippen LogP contribution in [0.15, 0.2) is 48.1 Å². The molecular formula is C16H11ClN4S. The SMILES string of the molecule is Cc1cc(Cl)nc(-c2cnn3ccc(-c4cccs4)nc23)c1. The average Bonchev–Trinajstić information content (AvgIpc) is 3.15. The van der Waals surface area contributed by atoms with E-state index in [1.54, 1.807) is 22.0 Å². The fourth-order valence-electron chi connectivity index (χ4n) is 2.37. The minimum Gasteiger partial charge on any atom is -0.236 e. The normalized spacial score (nSPS) is 11.2. The van der Waals surface area contributed by atoms with Crippen molar-refractivity contribution in [2.24, 2.45) is 0 Å². The van der Waals surface area contributed by atoms with E-state index in [0.717, 1.165) is 33.0 Å². The van der Waals surface area contributed by atoms with Gasteiger partial charge in [-0.05, 0) is 42.1 Å². The van der Waals surface area contributed by atoms with Gasteiger partial charge in [-0.3, -0.25) is 0 Å². The summed E-state index contributed by atoms with van der Waals surface area (Å²) < 4.78 is 1.75. The van der Waals surface area contributed by atoms with Crippen molar-refractivity contribution >= 4 is 28.6 Å². The Kier molecular flexibility index (Phi) is 3.17. The molecule has 0 saturated carbocycles. The van der Waals surface area contributed by atoms with E-state index < -0.39 is 0 Å². The number of halogens is 1. The highest BCUT2D eigenvalue weighted by Gasteiger charge is 2.12. The molecule has 0 atom stereocenters. The number of aryl methyl sites for hydroxylation is 1. The molecule has 0 aromatic carbocycles. The van der Waals surface area contributed by atoms with Crippen LogP contribution in [0.25, 0.3) is 27.5 Å². The fraction of sp³-hybridized carbons (Fsp3) is 0.0625. The number of thiophene rings is 1. The highest BCUT2D eigenvalue weighted by molar-refractivity contribution is 7.13. The van der Waals surface area contributed by atoms with Gasteiger partial charge in [0.2, 0.25) is 0 Å². The molecule has 0 amide bonds. The maximum atomic E-state index is 6.07. The zero-order valence-electron chi connectivity index (χ0n) is 11.7. The summed E-state index contributed by atoms with van der Waals surface area (Å²) in [7, 11) is 0. The monoisotopic (exact) mass is 326 g/mol. The highest BCUT2D eigenvalue weighted by Crippen LogP contribution is 2.27.